The Bertz CT molecular complexity index is 1230. The lowest BCUT2D eigenvalue weighted by atomic mass is 10.0. The third-order valence-electron chi connectivity index (χ3n) is 6.74. The van der Waals surface area contributed by atoms with E-state index in [1.807, 2.05) is 31.2 Å². The molecule has 0 saturated heterocycles. The molecule has 1 unspecified atom stereocenters. The standard InChI is InChI=1S/C29H30N2O5/c1-19-6-11-23(12-7-19)31(29(34)21-10-15-25-26(18-21)36-17-16-35-25)27(20-8-13-24(32)14-9-20)28(33)30-22-4-2-3-5-22/h6-15,18,22,27,32H,2-5,16-17H2,1H3,(H,30,33). The maximum Gasteiger partial charge on any atom is 0.259 e. The maximum absolute atomic E-state index is 14.1. The van der Waals surface area contributed by atoms with E-state index in [1.165, 1.54) is 17.0 Å². The number of nitrogens with zero attached hydrogens (tertiary/aromatic N) is 1. The van der Waals surface area contributed by atoms with E-state index >= 15 is 0 Å². The minimum Gasteiger partial charge on any atom is -0.508 e. The Balaban J connectivity index is 1.59. The van der Waals surface area contributed by atoms with Gasteiger partial charge in [-0.15, -0.1) is 0 Å². The third kappa shape index (κ3) is 5.00. The Labute approximate surface area is 210 Å². The van der Waals surface area contributed by atoms with Crippen molar-refractivity contribution in [3.63, 3.8) is 0 Å². The molecule has 36 heavy (non-hydrogen) atoms. The molecule has 1 aliphatic heterocycles. The van der Waals surface area contributed by atoms with Crippen LogP contribution in [0.2, 0.25) is 0 Å². The van der Waals surface area contributed by atoms with E-state index in [9.17, 15) is 14.7 Å². The number of carbonyl (C=O) groups is 2. The second kappa shape index (κ2) is 10.3. The number of amides is 2. The summed E-state index contributed by atoms with van der Waals surface area (Å²) >= 11 is 0. The van der Waals surface area contributed by atoms with Crippen LogP contribution in [0.3, 0.4) is 0 Å². The van der Waals surface area contributed by atoms with Crippen molar-refractivity contribution in [2.24, 2.45) is 0 Å². The normalized spacial score (nSPS) is 15.8. The fourth-order valence-corrected chi connectivity index (χ4v) is 4.83. The van der Waals surface area contributed by atoms with Crippen LogP contribution in [0.5, 0.6) is 17.2 Å². The number of phenols is 1. The molecule has 2 N–H and O–H groups in total. The van der Waals surface area contributed by atoms with Crippen molar-refractivity contribution in [2.45, 2.75) is 44.7 Å². The van der Waals surface area contributed by atoms with Crippen molar-refractivity contribution in [2.75, 3.05) is 18.1 Å². The molecule has 1 aliphatic carbocycles. The molecule has 5 rings (SSSR count). The number of benzene rings is 3. The smallest absolute Gasteiger partial charge is 0.259 e. The summed E-state index contributed by atoms with van der Waals surface area (Å²) in [4.78, 5) is 29.5. The number of fused-ring (bicyclic) bond motifs is 1. The predicted octanol–water partition coefficient (Wildman–Crippen LogP) is 4.92. The van der Waals surface area contributed by atoms with Crippen molar-refractivity contribution in [3.8, 4) is 17.2 Å². The van der Waals surface area contributed by atoms with Gasteiger partial charge in [0, 0.05) is 17.3 Å². The number of hydrogen-bond donors (Lipinski definition) is 2. The summed E-state index contributed by atoms with van der Waals surface area (Å²) in [5.41, 5.74) is 2.63. The fourth-order valence-electron chi connectivity index (χ4n) is 4.83. The zero-order valence-corrected chi connectivity index (χ0v) is 20.3. The molecule has 1 fully saturated rings. The van der Waals surface area contributed by atoms with Crippen molar-refractivity contribution in [1.29, 1.82) is 0 Å². The van der Waals surface area contributed by atoms with Gasteiger partial charge in [-0.3, -0.25) is 14.5 Å². The fraction of sp³-hybridized carbons (Fsp3) is 0.310. The first kappa shape index (κ1) is 23.7. The molecule has 2 aliphatic rings. The highest BCUT2D eigenvalue weighted by Crippen LogP contribution is 2.35. The average molecular weight is 487 g/mol. The van der Waals surface area contributed by atoms with Crippen molar-refractivity contribution < 1.29 is 24.2 Å². The van der Waals surface area contributed by atoms with Gasteiger partial charge in [0.2, 0.25) is 5.91 Å². The van der Waals surface area contributed by atoms with E-state index in [2.05, 4.69) is 5.32 Å². The Morgan fingerprint density at radius 1 is 0.917 bits per heavy atom. The summed E-state index contributed by atoms with van der Waals surface area (Å²) in [7, 11) is 0. The van der Waals surface area contributed by atoms with Crippen LogP contribution in [0.15, 0.2) is 66.7 Å². The molecular formula is C29H30N2O5. The summed E-state index contributed by atoms with van der Waals surface area (Å²) in [6, 6.07) is 18.2. The van der Waals surface area contributed by atoms with Crippen LogP contribution in [0.1, 0.15) is 53.2 Å². The Morgan fingerprint density at radius 3 is 2.28 bits per heavy atom. The molecular weight excluding hydrogens is 456 g/mol. The highest BCUT2D eigenvalue weighted by molar-refractivity contribution is 6.10. The van der Waals surface area contributed by atoms with Gasteiger partial charge in [-0.2, -0.15) is 0 Å². The quantitative estimate of drug-likeness (QED) is 0.517. The Hall–Kier alpha value is -4.00. The lowest BCUT2D eigenvalue weighted by Crippen LogP contribution is -2.46. The largest absolute Gasteiger partial charge is 0.508 e. The highest BCUT2D eigenvalue weighted by atomic mass is 16.6. The van der Waals surface area contributed by atoms with E-state index in [-0.39, 0.29) is 23.6 Å². The second-order valence-corrected chi connectivity index (χ2v) is 9.35. The molecule has 1 saturated carbocycles. The maximum atomic E-state index is 14.1. The van der Waals surface area contributed by atoms with Gasteiger partial charge >= 0.3 is 0 Å². The lowest BCUT2D eigenvalue weighted by molar-refractivity contribution is -0.123. The summed E-state index contributed by atoms with van der Waals surface area (Å²) in [5, 5.41) is 13.1. The number of anilines is 1. The molecule has 3 aromatic carbocycles. The molecule has 0 aromatic heterocycles. The summed E-state index contributed by atoms with van der Waals surface area (Å²) in [6.45, 7) is 2.84. The van der Waals surface area contributed by atoms with Crippen molar-refractivity contribution in [3.05, 3.63) is 83.4 Å². The van der Waals surface area contributed by atoms with Crippen LogP contribution >= 0.6 is 0 Å². The van der Waals surface area contributed by atoms with Crippen molar-refractivity contribution >= 4 is 17.5 Å². The summed E-state index contributed by atoms with van der Waals surface area (Å²) in [5.74, 6) is 0.601. The molecule has 0 spiro atoms. The van der Waals surface area contributed by atoms with Gasteiger partial charge in [0.05, 0.1) is 0 Å². The monoisotopic (exact) mass is 486 g/mol. The molecule has 7 nitrogen and oxygen atoms in total. The third-order valence-corrected chi connectivity index (χ3v) is 6.74. The van der Waals surface area contributed by atoms with Crippen LogP contribution < -0.4 is 19.7 Å². The lowest BCUT2D eigenvalue weighted by Gasteiger charge is -2.33. The number of ether oxygens (including phenoxy) is 2. The van der Waals surface area contributed by atoms with Gasteiger partial charge in [-0.25, -0.2) is 0 Å². The minimum absolute atomic E-state index is 0.0846. The number of rotatable bonds is 6. The van der Waals surface area contributed by atoms with E-state index in [1.54, 1.807) is 30.3 Å². The molecule has 2 amide bonds. The first-order valence-corrected chi connectivity index (χ1v) is 12.4. The summed E-state index contributed by atoms with van der Waals surface area (Å²) < 4.78 is 11.3. The number of phenolic OH excluding ortho intramolecular Hbond substituents is 1. The topological polar surface area (TPSA) is 88.1 Å². The molecule has 0 radical (unpaired) electrons. The van der Waals surface area contributed by atoms with Gasteiger partial charge in [0.25, 0.3) is 5.91 Å². The molecule has 186 valence electrons. The van der Waals surface area contributed by atoms with Crippen molar-refractivity contribution in [1.82, 2.24) is 5.32 Å². The molecule has 7 heteroatoms. The molecule has 1 heterocycles. The molecule has 3 aromatic rings. The van der Waals surface area contributed by atoms with Crippen LogP contribution in [0.4, 0.5) is 5.69 Å². The molecule has 0 bridgehead atoms. The Kier molecular flexibility index (Phi) is 6.80. The van der Waals surface area contributed by atoms with Gasteiger partial charge in [0.1, 0.15) is 25.0 Å². The van der Waals surface area contributed by atoms with Gasteiger partial charge < -0.3 is 19.9 Å². The zero-order valence-electron chi connectivity index (χ0n) is 20.3. The highest BCUT2D eigenvalue weighted by Gasteiger charge is 2.35. The minimum atomic E-state index is -0.936. The van der Waals surface area contributed by atoms with Crippen LogP contribution in [0.25, 0.3) is 0 Å². The average Bonchev–Trinajstić information content (AvgIpc) is 3.41. The first-order valence-electron chi connectivity index (χ1n) is 12.4. The predicted molar refractivity (Wildman–Crippen MR) is 137 cm³/mol. The Morgan fingerprint density at radius 2 is 1.58 bits per heavy atom. The van der Waals surface area contributed by atoms with E-state index in [0.717, 1.165) is 31.2 Å². The zero-order chi connectivity index (χ0) is 25.1. The van der Waals surface area contributed by atoms with Gasteiger partial charge in [0.15, 0.2) is 11.5 Å². The second-order valence-electron chi connectivity index (χ2n) is 9.35. The summed E-state index contributed by atoms with van der Waals surface area (Å²) in [6.07, 6.45) is 4.00. The first-order chi connectivity index (χ1) is 17.5. The number of carbonyl (C=O) groups excluding carboxylic acids is 2. The van der Waals surface area contributed by atoms with Crippen LogP contribution in [-0.4, -0.2) is 36.2 Å². The van der Waals surface area contributed by atoms with Gasteiger partial charge in [-0.1, -0.05) is 42.7 Å². The SMILES string of the molecule is Cc1ccc(N(C(=O)c2ccc3c(c2)OCCO3)C(C(=O)NC2CCCC2)c2ccc(O)cc2)cc1. The van der Waals surface area contributed by atoms with E-state index < -0.39 is 6.04 Å². The number of aromatic hydroxyl groups is 1. The van der Waals surface area contributed by atoms with E-state index in [4.69, 9.17) is 9.47 Å². The number of hydrogen-bond acceptors (Lipinski definition) is 5. The van der Waals surface area contributed by atoms with Crippen LogP contribution in [0, 0.1) is 6.92 Å². The molecule has 1 atom stereocenters. The van der Waals surface area contributed by atoms with Gasteiger partial charge in [-0.05, 0) is 67.8 Å². The van der Waals surface area contributed by atoms with E-state index in [0.29, 0.717) is 41.5 Å². The number of aryl methyl sites for hydroxylation is 1. The number of nitrogens with one attached hydrogen (secondary N) is 1. The van der Waals surface area contributed by atoms with Crippen LogP contribution in [-0.2, 0) is 4.79 Å².